The molecule has 0 atom stereocenters. The van der Waals surface area contributed by atoms with Gasteiger partial charge >= 0.3 is 0 Å². The summed E-state index contributed by atoms with van der Waals surface area (Å²) in [6.45, 7) is 0.662. The van der Waals surface area contributed by atoms with Crippen LogP contribution in [0.15, 0.2) is 18.2 Å². The van der Waals surface area contributed by atoms with E-state index in [1.807, 2.05) is 11.8 Å². The number of thiophene rings is 1. The van der Waals surface area contributed by atoms with Crippen molar-refractivity contribution in [2.45, 2.75) is 24.0 Å². The van der Waals surface area contributed by atoms with Crippen LogP contribution in [0.1, 0.15) is 28.9 Å². The summed E-state index contributed by atoms with van der Waals surface area (Å²) in [5.74, 6) is -0.496. The zero-order valence-electron chi connectivity index (χ0n) is 11.7. The van der Waals surface area contributed by atoms with Crippen molar-refractivity contribution in [1.82, 2.24) is 5.32 Å². The summed E-state index contributed by atoms with van der Waals surface area (Å²) in [5.41, 5.74) is 6.38. The molecule has 3 rings (SSSR count). The standard InChI is InChI=1S/C15H17FN2OS2/c1-20-15(5-2-6-15)8-18-14(19)13-12(17)10-7-9(16)3-4-11(10)21-13/h3-4,7H,2,5-6,8,17H2,1H3,(H,18,19). The molecule has 0 bridgehead atoms. The predicted octanol–water partition coefficient (Wildman–Crippen LogP) is 3.64. The Balaban J connectivity index is 1.80. The van der Waals surface area contributed by atoms with E-state index >= 15 is 0 Å². The SMILES string of the molecule is CSC1(CNC(=O)c2sc3ccc(F)cc3c2N)CCC1. The van der Waals surface area contributed by atoms with Gasteiger partial charge in [-0.15, -0.1) is 11.3 Å². The lowest BCUT2D eigenvalue weighted by atomic mass is 9.84. The Morgan fingerprint density at radius 3 is 2.90 bits per heavy atom. The molecule has 0 aliphatic heterocycles. The van der Waals surface area contributed by atoms with Crippen molar-refractivity contribution >= 4 is 44.8 Å². The second kappa shape index (κ2) is 5.50. The summed E-state index contributed by atoms with van der Waals surface area (Å²) in [5, 5.41) is 3.60. The predicted molar refractivity (Wildman–Crippen MR) is 88.6 cm³/mol. The number of nitrogens with one attached hydrogen (secondary N) is 1. The van der Waals surface area contributed by atoms with Gasteiger partial charge in [0.1, 0.15) is 10.7 Å². The second-order valence-electron chi connectivity index (χ2n) is 5.41. The van der Waals surface area contributed by atoms with Crippen LogP contribution in [-0.2, 0) is 0 Å². The molecule has 1 aliphatic carbocycles. The van der Waals surface area contributed by atoms with E-state index in [4.69, 9.17) is 5.73 Å². The van der Waals surface area contributed by atoms with Crippen LogP contribution in [0.4, 0.5) is 10.1 Å². The molecule has 0 radical (unpaired) electrons. The zero-order valence-corrected chi connectivity index (χ0v) is 13.4. The van der Waals surface area contributed by atoms with Crippen molar-refractivity contribution in [3.05, 3.63) is 28.9 Å². The molecule has 1 aliphatic rings. The molecule has 3 N–H and O–H groups in total. The first-order chi connectivity index (χ1) is 10.0. The molecule has 0 unspecified atom stereocenters. The quantitative estimate of drug-likeness (QED) is 0.903. The van der Waals surface area contributed by atoms with Gasteiger partial charge in [0.05, 0.1) is 5.69 Å². The number of amides is 1. The number of rotatable bonds is 4. The number of nitrogen functional groups attached to an aromatic ring is 1. The van der Waals surface area contributed by atoms with Gasteiger partial charge in [-0.1, -0.05) is 6.42 Å². The summed E-state index contributed by atoms with van der Waals surface area (Å²) >= 11 is 3.13. The van der Waals surface area contributed by atoms with Crippen LogP contribution in [0, 0.1) is 5.82 Å². The number of hydrogen-bond acceptors (Lipinski definition) is 4. The van der Waals surface area contributed by atoms with E-state index in [0.717, 1.165) is 17.5 Å². The molecule has 1 aromatic carbocycles. The van der Waals surface area contributed by atoms with Gasteiger partial charge in [0.2, 0.25) is 0 Å². The molecule has 1 amide bonds. The molecule has 1 saturated carbocycles. The van der Waals surface area contributed by atoms with Gasteiger partial charge < -0.3 is 11.1 Å². The third-order valence-corrected chi connectivity index (χ3v) is 6.77. The smallest absolute Gasteiger partial charge is 0.263 e. The van der Waals surface area contributed by atoms with Crippen molar-refractivity contribution in [2.24, 2.45) is 0 Å². The maximum atomic E-state index is 13.3. The van der Waals surface area contributed by atoms with Crippen molar-refractivity contribution in [3.8, 4) is 0 Å². The number of carbonyl (C=O) groups excluding carboxylic acids is 1. The van der Waals surface area contributed by atoms with Crippen LogP contribution >= 0.6 is 23.1 Å². The van der Waals surface area contributed by atoms with Gasteiger partial charge in [0.25, 0.3) is 5.91 Å². The molecule has 1 fully saturated rings. The molecule has 0 spiro atoms. The summed E-state index contributed by atoms with van der Waals surface area (Å²) < 4.78 is 14.3. The van der Waals surface area contributed by atoms with Crippen LogP contribution in [0.5, 0.6) is 0 Å². The van der Waals surface area contributed by atoms with Gasteiger partial charge in [0.15, 0.2) is 0 Å². The first-order valence-electron chi connectivity index (χ1n) is 6.85. The maximum absolute atomic E-state index is 13.3. The molecule has 112 valence electrons. The van der Waals surface area contributed by atoms with Crippen LogP contribution in [0.25, 0.3) is 10.1 Å². The highest BCUT2D eigenvalue weighted by molar-refractivity contribution is 8.00. The Hall–Kier alpha value is -1.27. The molecular formula is C15H17FN2OS2. The molecule has 2 aromatic rings. The molecule has 1 aromatic heterocycles. The number of fused-ring (bicyclic) bond motifs is 1. The lowest BCUT2D eigenvalue weighted by molar-refractivity contribution is 0.0949. The highest BCUT2D eigenvalue weighted by atomic mass is 32.2. The van der Waals surface area contributed by atoms with Gasteiger partial charge in [-0.05, 0) is 37.3 Å². The average molecular weight is 324 g/mol. The molecule has 1 heterocycles. The summed E-state index contributed by atoms with van der Waals surface area (Å²) in [7, 11) is 0. The molecule has 3 nitrogen and oxygen atoms in total. The monoisotopic (exact) mass is 324 g/mol. The lowest BCUT2D eigenvalue weighted by Crippen LogP contribution is -2.45. The first-order valence-corrected chi connectivity index (χ1v) is 8.90. The normalized spacial score (nSPS) is 16.7. The van der Waals surface area contributed by atoms with Crippen LogP contribution in [0.2, 0.25) is 0 Å². The van der Waals surface area contributed by atoms with Gasteiger partial charge in [-0.2, -0.15) is 11.8 Å². The minimum absolute atomic E-state index is 0.158. The van der Waals surface area contributed by atoms with Crippen molar-refractivity contribution < 1.29 is 9.18 Å². The zero-order chi connectivity index (χ0) is 15.0. The summed E-state index contributed by atoms with van der Waals surface area (Å²) in [6, 6.07) is 4.43. The minimum Gasteiger partial charge on any atom is -0.397 e. The number of halogens is 1. The van der Waals surface area contributed by atoms with E-state index in [1.54, 1.807) is 6.07 Å². The fourth-order valence-corrected chi connectivity index (χ4v) is 4.54. The van der Waals surface area contributed by atoms with E-state index in [-0.39, 0.29) is 16.5 Å². The molecular weight excluding hydrogens is 307 g/mol. The molecule has 21 heavy (non-hydrogen) atoms. The van der Waals surface area contributed by atoms with Gasteiger partial charge in [-0.25, -0.2) is 4.39 Å². The Morgan fingerprint density at radius 2 is 2.29 bits per heavy atom. The highest BCUT2D eigenvalue weighted by Crippen LogP contribution is 2.42. The first kappa shape index (κ1) is 14.7. The van der Waals surface area contributed by atoms with E-state index < -0.39 is 0 Å². The number of benzene rings is 1. The summed E-state index contributed by atoms with van der Waals surface area (Å²) in [4.78, 5) is 12.8. The fraction of sp³-hybridized carbons (Fsp3) is 0.400. The average Bonchev–Trinajstić information content (AvgIpc) is 2.75. The van der Waals surface area contributed by atoms with Crippen LogP contribution < -0.4 is 11.1 Å². The number of anilines is 1. The van der Waals surface area contributed by atoms with Crippen LogP contribution in [-0.4, -0.2) is 23.5 Å². The topological polar surface area (TPSA) is 55.1 Å². The van der Waals surface area contributed by atoms with E-state index in [1.165, 1.54) is 29.9 Å². The number of thioether (sulfide) groups is 1. The van der Waals surface area contributed by atoms with E-state index in [0.29, 0.717) is 22.5 Å². The third-order valence-electron chi connectivity index (χ3n) is 4.16. The molecule has 6 heteroatoms. The Labute approximate surface area is 131 Å². The molecule has 0 saturated heterocycles. The maximum Gasteiger partial charge on any atom is 0.263 e. The number of carbonyl (C=O) groups is 1. The van der Waals surface area contributed by atoms with E-state index in [9.17, 15) is 9.18 Å². The number of nitrogens with two attached hydrogens (primary N) is 1. The highest BCUT2D eigenvalue weighted by Gasteiger charge is 2.36. The fourth-order valence-electron chi connectivity index (χ4n) is 2.60. The van der Waals surface area contributed by atoms with E-state index in [2.05, 4.69) is 11.6 Å². The largest absolute Gasteiger partial charge is 0.397 e. The summed E-state index contributed by atoms with van der Waals surface area (Å²) in [6.07, 6.45) is 5.59. The van der Waals surface area contributed by atoms with Gasteiger partial charge in [0, 0.05) is 21.4 Å². The Morgan fingerprint density at radius 1 is 1.52 bits per heavy atom. The Kier molecular flexibility index (Phi) is 3.84. The van der Waals surface area contributed by atoms with Gasteiger partial charge in [-0.3, -0.25) is 4.79 Å². The van der Waals surface area contributed by atoms with Crippen molar-refractivity contribution in [3.63, 3.8) is 0 Å². The van der Waals surface area contributed by atoms with Crippen LogP contribution in [0.3, 0.4) is 0 Å². The third kappa shape index (κ3) is 2.62. The second-order valence-corrected chi connectivity index (χ2v) is 7.74. The Bertz CT molecular complexity index is 689. The van der Waals surface area contributed by atoms with Crippen molar-refractivity contribution in [1.29, 1.82) is 0 Å². The van der Waals surface area contributed by atoms with Crippen molar-refractivity contribution in [2.75, 3.05) is 18.5 Å². The lowest BCUT2D eigenvalue weighted by Gasteiger charge is -2.40. The minimum atomic E-state index is -0.338. The number of hydrogen-bond donors (Lipinski definition) is 2.